The van der Waals surface area contributed by atoms with Crippen LogP contribution in [-0.4, -0.2) is 17.5 Å². The Balaban J connectivity index is 2.83. The highest BCUT2D eigenvalue weighted by atomic mass is 79.9. The van der Waals surface area contributed by atoms with Crippen LogP contribution in [0.1, 0.15) is 26.7 Å². The normalized spacial score (nSPS) is 11.6. The van der Waals surface area contributed by atoms with E-state index in [0.29, 0.717) is 15.8 Å². The monoisotopic (exact) mass is 334 g/mol. The van der Waals surface area contributed by atoms with Gasteiger partial charge in [0.1, 0.15) is 5.82 Å². The maximum atomic E-state index is 13.5. The topological polar surface area (TPSA) is 38.0 Å². The molecule has 0 aliphatic heterocycles. The number of anilines is 2. The first-order valence-electron chi connectivity index (χ1n) is 6.01. The van der Waals surface area contributed by atoms with Crippen LogP contribution < -0.4 is 11.1 Å². The molecule has 0 spiro atoms. The number of hydrogen-bond donors (Lipinski definition) is 2. The number of benzene rings is 1. The van der Waals surface area contributed by atoms with Crippen LogP contribution in [0.4, 0.5) is 15.8 Å². The van der Waals surface area contributed by atoms with Gasteiger partial charge in [-0.05, 0) is 41.1 Å². The van der Waals surface area contributed by atoms with Gasteiger partial charge in [0.25, 0.3) is 0 Å². The van der Waals surface area contributed by atoms with Crippen molar-refractivity contribution in [3.63, 3.8) is 0 Å². The first-order valence-corrected chi connectivity index (χ1v) is 8.03. The Morgan fingerprint density at radius 2 is 2.00 bits per heavy atom. The third-order valence-corrected chi connectivity index (χ3v) is 5.61. The lowest BCUT2D eigenvalue weighted by molar-refractivity contribution is 0.574. The van der Waals surface area contributed by atoms with E-state index < -0.39 is 0 Å². The minimum atomic E-state index is -0.297. The number of thioether (sulfide) groups is 1. The van der Waals surface area contributed by atoms with E-state index in [4.69, 9.17) is 5.73 Å². The van der Waals surface area contributed by atoms with Crippen molar-refractivity contribution in [2.24, 2.45) is 0 Å². The summed E-state index contributed by atoms with van der Waals surface area (Å²) >= 11 is 4.97. The van der Waals surface area contributed by atoms with Gasteiger partial charge >= 0.3 is 0 Å². The Morgan fingerprint density at radius 3 is 2.50 bits per heavy atom. The molecule has 0 saturated carbocycles. The number of nitrogens with two attached hydrogens (primary N) is 1. The molecule has 0 saturated heterocycles. The molecule has 0 bridgehead atoms. The van der Waals surface area contributed by atoms with Crippen molar-refractivity contribution in [1.29, 1.82) is 0 Å². The summed E-state index contributed by atoms with van der Waals surface area (Å²) in [5.41, 5.74) is 7.10. The van der Waals surface area contributed by atoms with Crippen LogP contribution in [0.15, 0.2) is 16.6 Å². The molecule has 0 unspecified atom stereocenters. The van der Waals surface area contributed by atoms with Gasteiger partial charge in [0.2, 0.25) is 0 Å². The summed E-state index contributed by atoms with van der Waals surface area (Å²) in [4.78, 5) is 0. The fourth-order valence-electron chi connectivity index (χ4n) is 1.83. The third kappa shape index (κ3) is 3.54. The summed E-state index contributed by atoms with van der Waals surface area (Å²) in [6.07, 6.45) is 4.24. The summed E-state index contributed by atoms with van der Waals surface area (Å²) in [5, 5.41) is 3.27. The lowest BCUT2D eigenvalue weighted by Gasteiger charge is -2.30. The molecule has 1 aromatic carbocycles. The molecule has 0 aromatic heterocycles. The molecule has 0 amide bonds. The SMILES string of the molecule is CCC(CC)(CNc1cc(F)c(Br)cc1N)SC. The predicted molar refractivity (Wildman–Crippen MR) is 83.8 cm³/mol. The van der Waals surface area contributed by atoms with E-state index in [9.17, 15) is 4.39 Å². The van der Waals surface area contributed by atoms with Crippen molar-refractivity contribution in [3.05, 3.63) is 22.4 Å². The average Bonchev–Trinajstić information content (AvgIpc) is 2.37. The highest BCUT2D eigenvalue weighted by molar-refractivity contribution is 9.10. The lowest BCUT2D eigenvalue weighted by atomic mass is 10.0. The standard InChI is InChI=1S/C13H20BrFN2S/c1-4-13(5-2,18-3)8-17-12-7-10(15)9(14)6-11(12)16/h6-7,17H,4-5,8,16H2,1-3H3. The van der Waals surface area contributed by atoms with Crippen molar-refractivity contribution >= 4 is 39.1 Å². The van der Waals surface area contributed by atoms with E-state index in [1.165, 1.54) is 6.07 Å². The van der Waals surface area contributed by atoms with Crippen LogP contribution in [0, 0.1) is 5.82 Å². The highest BCUT2D eigenvalue weighted by Gasteiger charge is 2.24. The van der Waals surface area contributed by atoms with Gasteiger partial charge in [0.15, 0.2) is 0 Å². The first-order chi connectivity index (χ1) is 8.48. The molecule has 5 heteroatoms. The zero-order valence-electron chi connectivity index (χ0n) is 11.0. The molecule has 0 aliphatic rings. The second-order valence-electron chi connectivity index (χ2n) is 4.30. The third-order valence-electron chi connectivity index (χ3n) is 3.42. The molecule has 0 atom stereocenters. The molecule has 1 rings (SSSR count). The number of nitrogens with one attached hydrogen (secondary N) is 1. The lowest BCUT2D eigenvalue weighted by Crippen LogP contribution is -2.32. The van der Waals surface area contributed by atoms with E-state index in [2.05, 4.69) is 41.3 Å². The largest absolute Gasteiger partial charge is 0.397 e. The summed E-state index contributed by atoms with van der Waals surface area (Å²) in [6, 6.07) is 3.03. The summed E-state index contributed by atoms with van der Waals surface area (Å²) in [5.74, 6) is -0.297. The molecular weight excluding hydrogens is 315 g/mol. The molecule has 1 aromatic rings. The number of hydrogen-bond acceptors (Lipinski definition) is 3. The fraction of sp³-hybridized carbons (Fsp3) is 0.538. The zero-order chi connectivity index (χ0) is 13.8. The maximum absolute atomic E-state index is 13.5. The number of rotatable bonds is 6. The van der Waals surface area contributed by atoms with E-state index in [1.54, 1.807) is 6.07 Å². The first kappa shape index (κ1) is 15.6. The van der Waals surface area contributed by atoms with Crippen molar-refractivity contribution in [2.45, 2.75) is 31.4 Å². The maximum Gasteiger partial charge on any atom is 0.139 e. The smallest absolute Gasteiger partial charge is 0.139 e. The molecule has 3 N–H and O–H groups in total. The van der Waals surface area contributed by atoms with Gasteiger partial charge < -0.3 is 11.1 Å². The molecule has 0 radical (unpaired) electrons. The van der Waals surface area contributed by atoms with Gasteiger partial charge in [-0.2, -0.15) is 11.8 Å². The summed E-state index contributed by atoms with van der Waals surface area (Å²) in [6.45, 7) is 5.13. The van der Waals surface area contributed by atoms with Crippen LogP contribution in [0.3, 0.4) is 0 Å². The molecule has 0 aliphatic carbocycles. The van der Waals surface area contributed by atoms with Gasteiger partial charge in [-0.15, -0.1) is 0 Å². The van der Waals surface area contributed by atoms with Crippen LogP contribution in [-0.2, 0) is 0 Å². The van der Waals surface area contributed by atoms with Gasteiger partial charge in [0, 0.05) is 17.4 Å². The quantitative estimate of drug-likeness (QED) is 0.752. The van der Waals surface area contributed by atoms with E-state index in [0.717, 1.165) is 19.4 Å². The van der Waals surface area contributed by atoms with Crippen LogP contribution >= 0.6 is 27.7 Å². The Kier molecular flexibility index (Phi) is 5.79. The van der Waals surface area contributed by atoms with E-state index >= 15 is 0 Å². The highest BCUT2D eigenvalue weighted by Crippen LogP contribution is 2.32. The summed E-state index contributed by atoms with van der Waals surface area (Å²) in [7, 11) is 0. The molecule has 0 fully saturated rings. The minimum Gasteiger partial charge on any atom is -0.397 e. The Morgan fingerprint density at radius 1 is 1.39 bits per heavy atom. The van der Waals surface area contributed by atoms with Crippen molar-refractivity contribution in [1.82, 2.24) is 0 Å². The zero-order valence-corrected chi connectivity index (χ0v) is 13.4. The van der Waals surface area contributed by atoms with E-state index in [1.807, 2.05) is 11.8 Å². The average molecular weight is 335 g/mol. The Labute approximate surface area is 121 Å². The summed E-state index contributed by atoms with van der Waals surface area (Å²) < 4.78 is 14.0. The Hall–Kier alpha value is -0.420. The van der Waals surface area contributed by atoms with Gasteiger partial charge in [-0.1, -0.05) is 13.8 Å². The van der Waals surface area contributed by atoms with Gasteiger partial charge in [-0.25, -0.2) is 4.39 Å². The molecule has 102 valence electrons. The fourth-order valence-corrected chi connectivity index (χ4v) is 2.99. The molecule has 0 heterocycles. The van der Waals surface area contributed by atoms with Crippen LogP contribution in [0.5, 0.6) is 0 Å². The van der Waals surface area contributed by atoms with Crippen molar-refractivity contribution in [3.8, 4) is 0 Å². The number of halogens is 2. The van der Waals surface area contributed by atoms with E-state index in [-0.39, 0.29) is 10.6 Å². The van der Waals surface area contributed by atoms with Crippen molar-refractivity contribution in [2.75, 3.05) is 23.9 Å². The predicted octanol–water partition coefficient (Wildman–Crippen LogP) is 4.50. The van der Waals surface area contributed by atoms with Gasteiger partial charge in [0.05, 0.1) is 15.8 Å². The van der Waals surface area contributed by atoms with Gasteiger partial charge in [-0.3, -0.25) is 0 Å². The molecular formula is C13H20BrFN2S. The van der Waals surface area contributed by atoms with Crippen LogP contribution in [0.25, 0.3) is 0 Å². The second kappa shape index (κ2) is 6.66. The van der Waals surface area contributed by atoms with Crippen molar-refractivity contribution < 1.29 is 4.39 Å². The minimum absolute atomic E-state index is 0.177. The molecule has 2 nitrogen and oxygen atoms in total. The number of nitrogen functional groups attached to an aromatic ring is 1. The molecule has 18 heavy (non-hydrogen) atoms. The Bertz CT molecular complexity index is 400. The second-order valence-corrected chi connectivity index (χ2v) is 6.43. The van der Waals surface area contributed by atoms with Crippen LogP contribution in [0.2, 0.25) is 0 Å².